The molecule has 1 aromatic carbocycles. The maximum absolute atomic E-state index is 12.5. The highest BCUT2D eigenvalue weighted by Gasteiger charge is 2.26. The van der Waals surface area contributed by atoms with Crippen molar-refractivity contribution in [2.75, 3.05) is 33.0 Å². The summed E-state index contributed by atoms with van der Waals surface area (Å²) in [7, 11) is 0. The van der Waals surface area contributed by atoms with Gasteiger partial charge in [0.25, 0.3) is 5.91 Å². The van der Waals surface area contributed by atoms with E-state index in [1.54, 1.807) is 4.90 Å². The van der Waals surface area contributed by atoms with Gasteiger partial charge in [-0.25, -0.2) is 0 Å². The first-order valence-corrected chi connectivity index (χ1v) is 7.27. The van der Waals surface area contributed by atoms with Crippen LogP contribution in [0.3, 0.4) is 0 Å². The van der Waals surface area contributed by atoms with E-state index in [0.29, 0.717) is 26.2 Å². The Morgan fingerprint density at radius 2 is 2.24 bits per heavy atom. The molecular weight excluding hydrogens is 272 g/mol. The van der Waals surface area contributed by atoms with Gasteiger partial charge in [0, 0.05) is 26.2 Å². The summed E-state index contributed by atoms with van der Waals surface area (Å²) in [5.74, 6) is 1.53. The minimum absolute atomic E-state index is 0.0300. The van der Waals surface area contributed by atoms with E-state index >= 15 is 0 Å². The molecule has 1 atom stereocenters. The third-order valence-electron chi connectivity index (χ3n) is 3.71. The zero-order valence-corrected chi connectivity index (χ0v) is 12.1. The molecule has 21 heavy (non-hydrogen) atoms. The lowest BCUT2D eigenvalue weighted by molar-refractivity contribution is -0.145. The second-order valence-electron chi connectivity index (χ2n) is 5.10. The van der Waals surface area contributed by atoms with Crippen molar-refractivity contribution in [2.45, 2.75) is 19.6 Å². The normalized spacial score (nSPS) is 20.3. The molecule has 0 spiro atoms. The van der Waals surface area contributed by atoms with Gasteiger partial charge in [-0.05, 0) is 24.6 Å². The third-order valence-corrected chi connectivity index (χ3v) is 3.71. The van der Waals surface area contributed by atoms with E-state index in [1.807, 2.05) is 25.1 Å². The standard InChI is InChI=1S/C15H20N2O4/c1-2-17(15(18)14-8-16-5-6-19-14)9-11-3-4-12-13(7-11)21-10-20-12/h3-4,7,14,16H,2,5-6,8-10H2,1H3. The summed E-state index contributed by atoms with van der Waals surface area (Å²) in [5, 5.41) is 3.18. The van der Waals surface area contributed by atoms with Crippen molar-refractivity contribution in [1.82, 2.24) is 10.2 Å². The lowest BCUT2D eigenvalue weighted by Crippen LogP contribution is -2.49. The van der Waals surface area contributed by atoms with Crippen LogP contribution in [0.25, 0.3) is 0 Å². The van der Waals surface area contributed by atoms with E-state index in [-0.39, 0.29) is 18.8 Å². The average molecular weight is 292 g/mol. The Hall–Kier alpha value is -1.79. The second kappa shape index (κ2) is 6.32. The van der Waals surface area contributed by atoms with Crippen LogP contribution in [-0.4, -0.2) is 49.9 Å². The molecule has 0 aliphatic carbocycles. The Labute approximate surface area is 124 Å². The fraction of sp³-hybridized carbons (Fsp3) is 0.533. The van der Waals surface area contributed by atoms with Gasteiger partial charge in [-0.15, -0.1) is 0 Å². The van der Waals surface area contributed by atoms with Gasteiger partial charge >= 0.3 is 0 Å². The SMILES string of the molecule is CCN(Cc1ccc2c(c1)OCO2)C(=O)C1CNCCO1. The summed E-state index contributed by atoms with van der Waals surface area (Å²) in [6.45, 7) is 5.39. The number of likely N-dealkylation sites (N-methyl/N-ethyl adjacent to an activating group) is 1. The number of carbonyl (C=O) groups excluding carboxylic acids is 1. The van der Waals surface area contributed by atoms with Gasteiger partial charge in [0.1, 0.15) is 6.10 Å². The van der Waals surface area contributed by atoms with E-state index in [4.69, 9.17) is 14.2 Å². The molecule has 1 aromatic rings. The number of carbonyl (C=O) groups is 1. The monoisotopic (exact) mass is 292 g/mol. The molecule has 6 nitrogen and oxygen atoms in total. The third kappa shape index (κ3) is 3.11. The fourth-order valence-electron chi connectivity index (χ4n) is 2.53. The van der Waals surface area contributed by atoms with E-state index < -0.39 is 0 Å². The summed E-state index contributed by atoms with van der Waals surface area (Å²) in [6.07, 6.45) is -0.382. The molecule has 0 radical (unpaired) electrons. The molecule has 114 valence electrons. The lowest BCUT2D eigenvalue weighted by Gasteiger charge is -2.29. The Kier molecular flexibility index (Phi) is 4.26. The van der Waals surface area contributed by atoms with Crippen LogP contribution in [0.15, 0.2) is 18.2 Å². The van der Waals surface area contributed by atoms with Crippen LogP contribution < -0.4 is 14.8 Å². The molecule has 1 N–H and O–H groups in total. The van der Waals surface area contributed by atoms with Crippen LogP contribution >= 0.6 is 0 Å². The summed E-state index contributed by atoms with van der Waals surface area (Å²) in [4.78, 5) is 14.3. The number of nitrogens with one attached hydrogen (secondary N) is 1. The van der Waals surface area contributed by atoms with Gasteiger partial charge in [0.15, 0.2) is 11.5 Å². The first kappa shape index (κ1) is 14.2. The van der Waals surface area contributed by atoms with Gasteiger partial charge in [0.05, 0.1) is 6.61 Å². The van der Waals surface area contributed by atoms with Crippen molar-refractivity contribution in [3.63, 3.8) is 0 Å². The average Bonchev–Trinajstić information content (AvgIpc) is 3.00. The van der Waals surface area contributed by atoms with E-state index in [2.05, 4.69) is 5.32 Å². The van der Waals surface area contributed by atoms with Crippen molar-refractivity contribution in [2.24, 2.45) is 0 Å². The van der Waals surface area contributed by atoms with Crippen LogP contribution in [-0.2, 0) is 16.1 Å². The molecule has 1 fully saturated rings. The largest absolute Gasteiger partial charge is 0.454 e. The number of hydrogen-bond acceptors (Lipinski definition) is 5. The van der Waals surface area contributed by atoms with Gasteiger partial charge in [-0.2, -0.15) is 0 Å². The molecule has 2 aliphatic rings. The number of benzene rings is 1. The van der Waals surface area contributed by atoms with Crippen LogP contribution in [0.5, 0.6) is 11.5 Å². The summed E-state index contributed by atoms with van der Waals surface area (Å²) < 4.78 is 16.2. The molecule has 1 saturated heterocycles. The zero-order valence-electron chi connectivity index (χ0n) is 12.1. The van der Waals surface area contributed by atoms with Crippen molar-refractivity contribution < 1.29 is 19.0 Å². The number of fused-ring (bicyclic) bond motifs is 1. The van der Waals surface area contributed by atoms with Crippen molar-refractivity contribution in [3.05, 3.63) is 23.8 Å². The molecule has 3 rings (SSSR count). The Bertz CT molecular complexity index is 514. The second-order valence-corrected chi connectivity index (χ2v) is 5.10. The molecule has 1 amide bonds. The number of ether oxygens (including phenoxy) is 3. The minimum atomic E-state index is -0.382. The number of hydrogen-bond donors (Lipinski definition) is 1. The Balaban J connectivity index is 1.67. The van der Waals surface area contributed by atoms with Gasteiger partial charge in [-0.3, -0.25) is 4.79 Å². The molecule has 0 bridgehead atoms. The first-order chi connectivity index (χ1) is 10.3. The van der Waals surface area contributed by atoms with Crippen molar-refractivity contribution in [3.8, 4) is 11.5 Å². The number of nitrogens with zero attached hydrogens (tertiary/aromatic N) is 1. The summed E-state index contributed by atoms with van der Waals surface area (Å²) >= 11 is 0. The van der Waals surface area contributed by atoms with Crippen LogP contribution in [0, 0.1) is 0 Å². The molecule has 6 heteroatoms. The maximum atomic E-state index is 12.5. The van der Waals surface area contributed by atoms with Crippen LogP contribution in [0.2, 0.25) is 0 Å². The molecule has 1 unspecified atom stereocenters. The highest BCUT2D eigenvalue weighted by atomic mass is 16.7. The summed E-state index contributed by atoms with van der Waals surface area (Å²) in [6, 6.07) is 5.77. The quantitative estimate of drug-likeness (QED) is 0.887. The predicted octanol–water partition coefficient (Wildman–Crippen LogP) is 0.752. The fourth-order valence-corrected chi connectivity index (χ4v) is 2.53. The van der Waals surface area contributed by atoms with Gasteiger partial charge < -0.3 is 24.4 Å². The highest BCUT2D eigenvalue weighted by molar-refractivity contribution is 5.81. The Morgan fingerprint density at radius 3 is 3.00 bits per heavy atom. The van der Waals surface area contributed by atoms with Gasteiger partial charge in [-0.1, -0.05) is 6.07 Å². The zero-order chi connectivity index (χ0) is 14.7. The van der Waals surface area contributed by atoms with Crippen LogP contribution in [0.4, 0.5) is 0 Å². The molecule has 2 aliphatic heterocycles. The van der Waals surface area contributed by atoms with E-state index in [0.717, 1.165) is 23.6 Å². The van der Waals surface area contributed by atoms with Crippen molar-refractivity contribution in [1.29, 1.82) is 0 Å². The van der Waals surface area contributed by atoms with Gasteiger partial charge in [0.2, 0.25) is 6.79 Å². The molecular formula is C15H20N2O4. The minimum Gasteiger partial charge on any atom is -0.454 e. The smallest absolute Gasteiger partial charge is 0.253 e. The first-order valence-electron chi connectivity index (χ1n) is 7.27. The van der Waals surface area contributed by atoms with E-state index in [1.165, 1.54) is 0 Å². The molecule has 0 aromatic heterocycles. The topological polar surface area (TPSA) is 60.0 Å². The summed E-state index contributed by atoms with van der Waals surface area (Å²) in [5.41, 5.74) is 1.03. The Morgan fingerprint density at radius 1 is 1.38 bits per heavy atom. The lowest BCUT2D eigenvalue weighted by atomic mass is 10.1. The van der Waals surface area contributed by atoms with Crippen molar-refractivity contribution >= 4 is 5.91 Å². The van der Waals surface area contributed by atoms with Crippen LogP contribution in [0.1, 0.15) is 12.5 Å². The maximum Gasteiger partial charge on any atom is 0.253 e. The number of rotatable bonds is 4. The molecule has 0 saturated carbocycles. The predicted molar refractivity (Wildman–Crippen MR) is 76.3 cm³/mol. The number of amides is 1. The number of morpholine rings is 1. The molecule has 2 heterocycles. The van der Waals surface area contributed by atoms with E-state index in [9.17, 15) is 4.79 Å². The highest BCUT2D eigenvalue weighted by Crippen LogP contribution is 2.32.